The molecule has 2 N–H and O–H groups in total. The van der Waals surface area contributed by atoms with Gasteiger partial charge >= 0.3 is 0 Å². The average Bonchev–Trinajstić information content (AvgIpc) is 3.05. The molecule has 1 unspecified atom stereocenters. The Morgan fingerprint density at radius 1 is 1.39 bits per heavy atom. The number of hydrogen-bond donors (Lipinski definition) is 2. The Morgan fingerprint density at radius 3 is 3.17 bits per heavy atom. The molecule has 2 nitrogen and oxygen atoms in total. The second-order valence-corrected chi connectivity index (χ2v) is 5.57. The van der Waals surface area contributed by atoms with Crippen molar-refractivity contribution in [1.82, 2.24) is 5.32 Å². The van der Waals surface area contributed by atoms with Crippen LogP contribution in [0, 0.1) is 0 Å². The Kier molecular flexibility index (Phi) is 3.35. The molecule has 1 aromatic heterocycles. The van der Waals surface area contributed by atoms with Gasteiger partial charge in [-0.15, -0.1) is 0 Å². The maximum Gasteiger partial charge on any atom is 0.0419 e. The number of para-hydroxylation sites is 1. The standard InChI is InChI=1S/C15H18N2S/c1-11(14-6-8-18-10-14)17-9-13-4-2-3-12-5-7-16-15(12)13/h2-4,6,8,10-11,16-17H,5,7,9H2,1H3. The molecular weight excluding hydrogens is 240 g/mol. The molecule has 1 aliphatic rings. The fourth-order valence-electron chi connectivity index (χ4n) is 2.46. The van der Waals surface area contributed by atoms with Gasteiger partial charge in [-0.2, -0.15) is 11.3 Å². The molecule has 0 saturated carbocycles. The molecule has 2 aromatic rings. The van der Waals surface area contributed by atoms with Crippen molar-refractivity contribution in [2.75, 3.05) is 11.9 Å². The lowest BCUT2D eigenvalue weighted by molar-refractivity contribution is 0.577. The molecule has 0 radical (unpaired) electrons. The summed E-state index contributed by atoms with van der Waals surface area (Å²) in [6, 6.07) is 9.20. The van der Waals surface area contributed by atoms with Gasteiger partial charge in [0.15, 0.2) is 0 Å². The highest BCUT2D eigenvalue weighted by Gasteiger charge is 2.14. The van der Waals surface area contributed by atoms with Crippen LogP contribution in [0.4, 0.5) is 5.69 Å². The highest BCUT2D eigenvalue weighted by molar-refractivity contribution is 7.07. The molecule has 18 heavy (non-hydrogen) atoms. The molecular formula is C15H18N2S. The summed E-state index contributed by atoms with van der Waals surface area (Å²) in [5.41, 5.74) is 5.56. The lowest BCUT2D eigenvalue weighted by atomic mass is 10.1. The lowest BCUT2D eigenvalue weighted by Crippen LogP contribution is -2.18. The zero-order chi connectivity index (χ0) is 12.4. The van der Waals surface area contributed by atoms with Crippen LogP contribution in [-0.4, -0.2) is 6.54 Å². The summed E-state index contributed by atoms with van der Waals surface area (Å²) in [6.45, 7) is 4.22. The SMILES string of the molecule is CC(NCc1cccc2c1NCC2)c1ccsc1. The summed E-state index contributed by atoms with van der Waals surface area (Å²) in [5, 5.41) is 11.4. The van der Waals surface area contributed by atoms with E-state index in [1.807, 2.05) is 0 Å². The first kappa shape index (κ1) is 11.8. The molecule has 3 rings (SSSR count). The smallest absolute Gasteiger partial charge is 0.0419 e. The van der Waals surface area contributed by atoms with Crippen molar-refractivity contribution in [1.29, 1.82) is 0 Å². The third kappa shape index (κ3) is 2.28. The van der Waals surface area contributed by atoms with Crippen molar-refractivity contribution in [3.8, 4) is 0 Å². The third-order valence-electron chi connectivity index (χ3n) is 3.58. The molecule has 3 heteroatoms. The minimum absolute atomic E-state index is 0.411. The summed E-state index contributed by atoms with van der Waals surface area (Å²) in [4.78, 5) is 0. The van der Waals surface area contributed by atoms with Gasteiger partial charge in [-0.1, -0.05) is 18.2 Å². The van der Waals surface area contributed by atoms with Crippen LogP contribution in [-0.2, 0) is 13.0 Å². The molecule has 2 heterocycles. The monoisotopic (exact) mass is 258 g/mol. The van der Waals surface area contributed by atoms with E-state index in [2.05, 4.69) is 52.6 Å². The Hall–Kier alpha value is -1.32. The molecule has 0 saturated heterocycles. The molecule has 1 atom stereocenters. The van der Waals surface area contributed by atoms with Crippen molar-refractivity contribution >= 4 is 17.0 Å². The largest absolute Gasteiger partial charge is 0.384 e. The van der Waals surface area contributed by atoms with E-state index in [0.29, 0.717) is 6.04 Å². The minimum Gasteiger partial charge on any atom is -0.384 e. The first-order valence-corrected chi connectivity index (χ1v) is 7.39. The van der Waals surface area contributed by atoms with Gasteiger partial charge < -0.3 is 10.6 Å². The van der Waals surface area contributed by atoms with E-state index < -0.39 is 0 Å². The van der Waals surface area contributed by atoms with Gasteiger partial charge in [-0.05, 0) is 46.9 Å². The number of benzene rings is 1. The normalized spacial score (nSPS) is 15.2. The first-order chi connectivity index (χ1) is 8.84. The van der Waals surface area contributed by atoms with Crippen LogP contribution in [0.5, 0.6) is 0 Å². The van der Waals surface area contributed by atoms with Gasteiger partial charge in [-0.25, -0.2) is 0 Å². The van der Waals surface area contributed by atoms with Crippen LogP contribution < -0.4 is 10.6 Å². The molecule has 0 aliphatic carbocycles. The summed E-state index contributed by atoms with van der Waals surface area (Å²) >= 11 is 1.76. The lowest BCUT2D eigenvalue weighted by Gasteiger charge is -2.15. The zero-order valence-electron chi connectivity index (χ0n) is 10.6. The zero-order valence-corrected chi connectivity index (χ0v) is 11.4. The van der Waals surface area contributed by atoms with Gasteiger partial charge in [0, 0.05) is 24.8 Å². The van der Waals surface area contributed by atoms with E-state index in [9.17, 15) is 0 Å². The van der Waals surface area contributed by atoms with Crippen LogP contribution in [0.2, 0.25) is 0 Å². The maximum absolute atomic E-state index is 3.60. The van der Waals surface area contributed by atoms with Crippen molar-refractivity contribution in [2.45, 2.75) is 25.9 Å². The van der Waals surface area contributed by atoms with Crippen molar-refractivity contribution < 1.29 is 0 Å². The number of anilines is 1. The van der Waals surface area contributed by atoms with Crippen LogP contribution >= 0.6 is 11.3 Å². The molecule has 0 spiro atoms. The van der Waals surface area contributed by atoms with Gasteiger partial charge in [0.1, 0.15) is 0 Å². The quantitative estimate of drug-likeness (QED) is 0.876. The first-order valence-electron chi connectivity index (χ1n) is 6.45. The van der Waals surface area contributed by atoms with Crippen LogP contribution in [0.25, 0.3) is 0 Å². The minimum atomic E-state index is 0.411. The molecule has 1 aliphatic heterocycles. The number of hydrogen-bond acceptors (Lipinski definition) is 3. The van der Waals surface area contributed by atoms with Crippen molar-refractivity contribution in [3.63, 3.8) is 0 Å². The van der Waals surface area contributed by atoms with Gasteiger partial charge in [-0.3, -0.25) is 0 Å². The Balaban J connectivity index is 1.69. The predicted molar refractivity (Wildman–Crippen MR) is 78.2 cm³/mol. The van der Waals surface area contributed by atoms with Crippen molar-refractivity contribution in [2.24, 2.45) is 0 Å². The van der Waals surface area contributed by atoms with Gasteiger partial charge in [0.25, 0.3) is 0 Å². The highest BCUT2D eigenvalue weighted by Crippen LogP contribution is 2.27. The number of rotatable bonds is 4. The fourth-order valence-corrected chi connectivity index (χ4v) is 3.21. The van der Waals surface area contributed by atoms with Crippen molar-refractivity contribution in [3.05, 3.63) is 51.7 Å². The van der Waals surface area contributed by atoms with Gasteiger partial charge in [0.2, 0.25) is 0 Å². The van der Waals surface area contributed by atoms with E-state index in [-0.39, 0.29) is 0 Å². The summed E-state index contributed by atoms with van der Waals surface area (Å²) in [6.07, 6.45) is 1.16. The maximum atomic E-state index is 3.60. The highest BCUT2D eigenvalue weighted by atomic mass is 32.1. The molecule has 1 aromatic carbocycles. The third-order valence-corrected chi connectivity index (χ3v) is 4.28. The molecule has 94 valence electrons. The van der Waals surface area contributed by atoms with E-state index in [4.69, 9.17) is 0 Å². The Bertz CT molecular complexity index is 519. The van der Waals surface area contributed by atoms with Crippen LogP contribution in [0.1, 0.15) is 29.7 Å². The molecule has 0 amide bonds. The molecule has 0 fully saturated rings. The Labute approximate surface area is 112 Å². The number of nitrogens with one attached hydrogen (secondary N) is 2. The number of fused-ring (bicyclic) bond motifs is 1. The van der Waals surface area contributed by atoms with E-state index in [0.717, 1.165) is 19.5 Å². The Morgan fingerprint density at radius 2 is 2.33 bits per heavy atom. The second kappa shape index (κ2) is 5.12. The second-order valence-electron chi connectivity index (χ2n) is 4.79. The predicted octanol–water partition coefficient (Wildman–Crippen LogP) is 3.57. The molecule has 0 bridgehead atoms. The average molecular weight is 258 g/mol. The van der Waals surface area contributed by atoms with E-state index >= 15 is 0 Å². The van der Waals surface area contributed by atoms with E-state index in [1.165, 1.54) is 22.4 Å². The summed E-state index contributed by atoms with van der Waals surface area (Å²) < 4.78 is 0. The van der Waals surface area contributed by atoms with Gasteiger partial charge in [0.05, 0.1) is 0 Å². The van der Waals surface area contributed by atoms with Crippen LogP contribution in [0.15, 0.2) is 35.0 Å². The topological polar surface area (TPSA) is 24.1 Å². The summed E-state index contributed by atoms with van der Waals surface area (Å²) in [7, 11) is 0. The van der Waals surface area contributed by atoms with Crippen LogP contribution in [0.3, 0.4) is 0 Å². The summed E-state index contributed by atoms with van der Waals surface area (Å²) in [5.74, 6) is 0. The fraction of sp³-hybridized carbons (Fsp3) is 0.333. The number of thiophene rings is 1. The van der Waals surface area contributed by atoms with E-state index in [1.54, 1.807) is 11.3 Å².